The largest absolute Gasteiger partial charge is 0.336 e. The monoisotopic (exact) mass is 262 g/mol. The molecule has 2 atom stereocenters. The van der Waals surface area contributed by atoms with Gasteiger partial charge < -0.3 is 9.47 Å². The lowest BCUT2D eigenvalue weighted by Crippen LogP contribution is -2.49. The van der Waals surface area contributed by atoms with Gasteiger partial charge in [0.05, 0.1) is 0 Å². The van der Waals surface area contributed by atoms with Gasteiger partial charge in [0.15, 0.2) is 0 Å². The van der Waals surface area contributed by atoms with E-state index >= 15 is 0 Å². The van der Waals surface area contributed by atoms with Crippen LogP contribution in [0.1, 0.15) is 38.7 Å². The van der Waals surface area contributed by atoms with Gasteiger partial charge in [-0.25, -0.2) is 0 Å². The smallest absolute Gasteiger partial charge is 0.251 e. The molecule has 0 bridgehead atoms. The minimum Gasteiger partial charge on any atom is -0.336 e. The second-order valence-electron chi connectivity index (χ2n) is 5.60. The first-order chi connectivity index (χ1) is 8.99. The van der Waals surface area contributed by atoms with Gasteiger partial charge in [-0.3, -0.25) is 9.59 Å². The summed E-state index contributed by atoms with van der Waals surface area (Å²) >= 11 is 0. The molecular weight excluding hydrogens is 240 g/mol. The molecule has 0 saturated carbocycles. The van der Waals surface area contributed by atoms with Crippen LogP contribution >= 0.6 is 0 Å². The summed E-state index contributed by atoms with van der Waals surface area (Å²) in [6, 6.07) is 3.98. The predicted molar refractivity (Wildman–Crippen MR) is 75.1 cm³/mol. The van der Waals surface area contributed by atoms with E-state index in [1.54, 1.807) is 12.3 Å². The summed E-state index contributed by atoms with van der Waals surface area (Å²) in [5.74, 6) is 0.0469. The Bertz CT molecular complexity index is 511. The zero-order chi connectivity index (χ0) is 14.0. The maximum Gasteiger partial charge on any atom is 0.251 e. The van der Waals surface area contributed by atoms with Gasteiger partial charge in [-0.15, -0.1) is 0 Å². The Morgan fingerprint density at radius 2 is 1.95 bits per heavy atom. The molecule has 0 spiro atoms. The average molecular weight is 262 g/mol. The van der Waals surface area contributed by atoms with E-state index < -0.39 is 0 Å². The highest BCUT2D eigenvalue weighted by Crippen LogP contribution is 2.22. The molecule has 2 heterocycles. The van der Waals surface area contributed by atoms with Crippen LogP contribution in [0.15, 0.2) is 23.1 Å². The van der Waals surface area contributed by atoms with E-state index in [4.69, 9.17) is 0 Å². The van der Waals surface area contributed by atoms with Crippen LogP contribution in [-0.2, 0) is 11.3 Å². The standard InChI is InChI=1S/C15H22N2O2/c1-11-7-8-16(14(18)9-11)10-15(19)17-12(2)5-4-6-13(17)3/h7-9,12-13H,4-6,10H2,1-3H3/t12-,13-/m1/s1. The average Bonchev–Trinajstić information content (AvgIpc) is 2.32. The van der Waals surface area contributed by atoms with Crippen LogP contribution < -0.4 is 5.56 Å². The number of pyridine rings is 1. The van der Waals surface area contributed by atoms with Crippen LogP contribution in [0.3, 0.4) is 0 Å². The molecule has 0 aliphatic carbocycles. The number of hydrogen-bond acceptors (Lipinski definition) is 2. The minimum absolute atomic E-state index is 0.0469. The third kappa shape index (κ3) is 3.06. The summed E-state index contributed by atoms with van der Waals surface area (Å²) in [5.41, 5.74) is 0.819. The summed E-state index contributed by atoms with van der Waals surface area (Å²) in [5, 5.41) is 0. The van der Waals surface area contributed by atoms with Gasteiger partial charge in [0.25, 0.3) is 5.56 Å². The van der Waals surface area contributed by atoms with Crippen LogP contribution in [0.25, 0.3) is 0 Å². The van der Waals surface area contributed by atoms with E-state index in [-0.39, 0.29) is 30.1 Å². The van der Waals surface area contributed by atoms with E-state index in [1.807, 2.05) is 17.9 Å². The Kier molecular flexibility index (Phi) is 4.08. The molecule has 1 aromatic rings. The van der Waals surface area contributed by atoms with Crippen molar-refractivity contribution >= 4 is 5.91 Å². The summed E-state index contributed by atoms with van der Waals surface area (Å²) < 4.78 is 1.49. The third-order valence-electron chi connectivity index (χ3n) is 3.94. The molecule has 104 valence electrons. The number of aryl methyl sites for hydroxylation is 1. The molecule has 1 aromatic heterocycles. The van der Waals surface area contributed by atoms with Crippen LogP contribution in [0.5, 0.6) is 0 Å². The van der Waals surface area contributed by atoms with E-state index in [2.05, 4.69) is 13.8 Å². The highest BCUT2D eigenvalue weighted by Gasteiger charge is 2.28. The van der Waals surface area contributed by atoms with Gasteiger partial charge in [-0.2, -0.15) is 0 Å². The van der Waals surface area contributed by atoms with E-state index in [0.29, 0.717) is 0 Å². The number of aromatic nitrogens is 1. The Hall–Kier alpha value is -1.58. The molecule has 1 fully saturated rings. The normalized spacial score (nSPS) is 23.4. The fraction of sp³-hybridized carbons (Fsp3) is 0.600. The number of carbonyl (C=O) groups is 1. The first kappa shape index (κ1) is 13.8. The summed E-state index contributed by atoms with van der Waals surface area (Å²) in [4.78, 5) is 26.1. The fourth-order valence-electron chi connectivity index (χ4n) is 2.88. The van der Waals surface area contributed by atoms with Crippen molar-refractivity contribution in [3.8, 4) is 0 Å². The Morgan fingerprint density at radius 3 is 2.53 bits per heavy atom. The summed E-state index contributed by atoms with van der Waals surface area (Å²) in [7, 11) is 0. The number of piperidine rings is 1. The zero-order valence-electron chi connectivity index (χ0n) is 11.9. The van der Waals surface area contributed by atoms with Gasteiger partial charge in [-0.1, -0.05) is 0 Å². The highest BCUT2D eigenvalue weighted by atomic mass is 16.2. The molecular formula is C15H22N2O2. The number of rotatable bonds is 2. The van der Waals surface area contributed by atoms with Gasteiger partial charge in [0, 0.05) is 24.3 Å². The van der Waals surface area contributed by atoms with Crippen molar-refractivity contribution in [2.45, 2.75) is 58.7 Å². The van der Waals surface area contributed by atoms with Crippen molar-refractivity contribution < 1.29 is 4.79 Å². The van der Waals surface area contributed by atoms with Crippen molar-refractivity contribution in [2.24, 2.45) is 0 Å². The lowest BCUT2D eigenvalue weighted by molar-refractivity contribution is -0.138. The maximum absolute atomic E-state index is 12.4. The zero-order valence-corrected chi connectivity index (χ0v) is 11.9. The molecule has 0 aromatic carbocycles. The van der Waals surface area contributed by atoms with Crippen molar-refractivity contribution in [3.05, 3.63) is 34.2 Å². The fourth-order valence-corrected chi connectivity index (χ4v) is 2.88. The Labute approximate surface area is 114 Å². The third-order valence-corrected chi connectivity index (χ3v) is 3.94. The number of likely N-dealkylation sites (tertiary alicyclic amines) is 1. The first-order valence-corrected chi connectivity index (χ1v) is 6.97. The topological polar surface area (TPSA) is 42.3 Å². The lowest BCUT2D eigenvalue weighted by atomic mass is 9.97. The number of hydrogen-bond donors (Lipinski definition) is 0. The van der Waals surface area contributed by atoms with E-state index in [1.165, 1.54) is 11.0 Å². The summed E-state index contributed by atoms with van der Waals surface area (Å²) in [6.45, 7) is 6.20. The molecule has 0 N–H and O–H groups in total. The minimum atomic E-state index is -0.106. The Morgan fingerprint density at radius 1 is 1.32 bits per heavy atom. The van der Waals surface area contributed by atoms with Crippen molar-refractivity contribution in [1.82, 2.24) is 9.47 Å². The first-order valence-electron chi connectivity index (χ1n) is 6.97. The van der Waals surface area contributed by atoms with E-state index in [0.717, 1.165) is 18.4 Å². The summed E-state index contributed by atoms with van der Waals surface area (Å²) in [6.07, 6.45) is 4.99. The van der Waals surface area contributed by atoms with Crippen molar-refractivity contribution in [1.29, 1.82) is 0 Å². The van der Waals surface area contributed by atoms with Gasteiger partial charge in [-0.05, 0) is 51.7 Å². The van der Waals surface area contributed by atoms with Crippen LogP contribution in [0, 0.1) is 6.92 Å². The molecule has 1 amide bonds. The quantitative estimate of drug-likeness (QED) is 0.817. The molecule has 0 radical (unpaired) electrons. The molecule has 1 saturated heterocycles. The Balaban J connectivity index is 2.14. The van der Waals surface area contributed by atoms with Crippen LogP contribution in [0.2, 0.25) is 0 Å². The number of nitrogens with zero attached hydrogens (tertiary/aromatic N) is 2. The lowest BCUT2D eigenvalue weighted by Gasteiger charge is -2.39. The van der Waals surface area contributed by atoms with Gasteiger partial charge in [0.2, 0.25) is 5.91 Å². The SMILES string of the molecule is Cc1ccn(CC(=O)N2[C@H](C)CCC[C@H]2C)c(=O)c1. The molecule has 1 aliphatic rings. The second kappa shape index (κ2) is 5.59. The van der Waals surface area contributed by atoms with Crippen molar-refractivity contribution in [2.75, 3.05) is 0 Å². The molecule has 4 nitrogen and oxygen atoms in total. The molecule has 4 heteroatoms. The van der Waals surface area contributed by atoms with Gasteiger partial charge >= 0.3 is 0 Å². The predicted octanol–water partition coefficient (Wildman–Crippen LogP) is 1.95. The van der Waals surface area contributed by atoms with Crippen LogP contribution in [0.4, 0.5) is 0 Å². The molecule has 0 unspecified atom stereocenters. The second-order valence-corrected chi connectivity index (χ2v) is 5.60. The molecule has 1 aliphatic heterocycles. The van der Waals surface area contributed by atoms with Crippen LogP contribution in [-0.4, -0.2) is 27.5 Å². The highest BCUT2D eigenvalue weighted by molar-refractivity contribution is 5.76. The van der Waals surface area contributed by atoms with E-state index in [9.17, 15) is 9.59 Å². The number of carbonyl (C=O) groups excluding carboxylic acids is 1. The molecule has 2 rings (SSSR count). The maximum atomic E-state index is 12.4. The van der Waals surface area contributed by atoms with Gasteiger partial charge in [0.1, 0.15) is 6.54 Å². The molecule has 19 heavy (non-hydrogen) atoms. The number of amides is 1. The van der Waals surface area contributed by atoms with Crippen molar-refractivity contribution in [3.63, 3.8) is 0 Å².